The number of sulfone groups is 1. The fourth-order valence-corrected chi connectivity index (χ4v) is 3.89. The lowest BCUT2D eigenvalue weighted by atomic mass is 9.84. The summed E-state index contributed by atoms with van der Waals surface area (Å²) in [4.78, 5) is 23.0. The molecule has 1 atom stereocenters. The van der Waals surface area contributed by atoms with Crippen LogP contribution in [0.2, 0.25) is 0 Å². The lowest BCUT2D eigenvalue weighted by molar-refractivity contribution is -0.137. The van der Waals surface area contributed by atoms with Crippen molar-refractivity contribution in [1.29, 1.82) is 0 Å². The van der Waals surface area contributed by atoms with Gasteiger partial charge in [0.15, 0.2) is 9.84 Å². The maximum absolute atomic E-state index is 12.2. The zero-order chi connectivity index (χ0) is 18.4. The third kappa shape index (κ3) is 7.20. The summed E-state index contributed by atoms with van der Waals surface area (Å²) in [6.07, 6.45) is 6.81. The molecule has 2 N–H and O–H groups in total. The van der Waals surface area contributed by atoms with Gasteiger partial charge in [0, 0.05) is 12.5 Å². The first kappa shape index (κ1) is 20.9. The van der Waals surface area contributed by atoms with E-state index >= 15 is 0 Å². The minimum atomic E-state index is -3.54. The van der Waals surface area contributed by atoms with Crippen LogP contribution in [0.15, 0.2) is 0 Å². The van der Waals surface area contributed by atoms with Crippen molar-refractivity contribution >= 4 is 21.7 Å². The first-order chi connectivity index (χ1) is 11.0. The van der Waals surface area contributed by atoms with Gasteiger partial charge in [-0.2, -0.15) is 0 Å². The zero-order valence-corrected chi connectivity index (χ0v) is 15.8. The molecular weight excluding hydrogens is 330 g/mol. The average molecular weight is 362 g/mol. The summed E-state index contributed by atoms with van der Waals surface area (Å²) < 4.78 is 23.3. The standard InChI is InChI=1S/C17H31NO5S/c1-17(2,3)24(22,23)12-15(19)18-14(9-10-16(20)21)11-13-7-5-4-6-8-13/h13-14H,4-12H2,1-3H3,(H,18,19)(H,20,21). The topological polar surface area (TPSA) is 101 Å². The molecule has 1 aliphatic rings. The predicted octanol–water partition coefficient (Wildman–Crippen LogP) is 2.52. The van der Waals surface area contributed by atoms with Gasteiger partial charge in [0.2, 0.25) is 5.91 Å². The van der Waals surface area contributed by atoms with Gasteiger partial charge in [0.1, 0.15) is 5.75 Å². The van der Waals surface area contributed by atoms with Crippen LogP contribution in [-0.2, 0) is 19.4 Å². The normalized spacial score (nSPS) is 18.1. The van der Waals surface area contributed by atoms with E-state index in [0.29, 0.717) is 12.3 Å². The minimum absolute atomic E-state index is 0.0241. The van der Waals surface area contributed by atoms with E-state index in [2.05, 4.69) is 5.32 Å². The smallest absolute Gasteiger partial charge is 0.303 e. The molecule has 24 heavy (non-hydrogen) atoms. The Morgan fingerprint density at radius 2 is 1.75 bits per heavy atom. The molecule has 6 nitrogen and oxygen atoms in total. The second-order valence-electron chi connectivity index (χ2n) is 7.81. The number of rotatable bonds is 8. The van der Waals surface area contributed by atoms with Crippen LogP contribution >= 0.6 is 0 Å². The Morgan fingerprint density at radius 1 is 1.17 bits per heavy atom. The highest BCUT2D eigenvalue weighted by Crippen LogP contribution is 2.28. The van der Waals surface area contributed by atoms with Crippen LogP contribution in [0.1, 0.15) is 72.1 Å². The molecule has 1 aliphatic carbocycles. The second-order valence-corrected chi connectivity index (χ2v) is 10.6. The lowest BCUT2D eigenvalue weighted by Crippen LogP contribution is -2.43. The molecule has 0 aromatic rings. The molecule has 0 heterocycles. The number of hydrogen-bond acceptors (Lipinski definition) is 4. The van der Waals surface area contributed by atoms with Gasteiger partial charge in [0.25, 0.3) is 0 Å². The summed E-state index contributed by atoms with van der Waals surface area (Å²) >= 11 is 0. The van der Waals surface area contributed by atoms with Crippen LogP contribution in [-0.4, -0.2) is 41.9 Å². The predicted molar refractivity (Wildman–Crippen MR) is 93.5 cm³/mol. The van der Waals surface area contributed by atoms with Crippen molar-refractivity contribution < 1.29 is 23.1 Å². The lowest BCUT2D eigenvalue weighted by Gasteiger charge is -2.27. The largest absolute Gasteiger partial charge is 0.481 e. The van der Waals surface area contributed by atoms with Crippen molar-refractivity contribution in [1.82, 2.24) is 5.32 Å². The summed E-state index contributed by atoms with van der Waals surface area (Å²) in [5, 5.41) is 11.7. The van der Waals surface area contributed by atoms with Crippen molar-refractivity contribution in [3.8, 4) is 0 Å². The van der Waals surface area contributed by atoms with Crippen molar-refractivity contribution in [2.24, 2.45) is 5.92 Å². The Balaban J connectivity index is 2.65. The number of amides is 1. The molecule has 0 bridgehead atoms. The van der Waals surface area contributed by atoms with E-state index in [4.69, 9.17) is 5.11 Å². The molecule has 0 saturated heterocycles. The first-order valence-corrected chi connectivity index (χ1v) is 10.4. The Labute approximate surface area is 145 Å². The monoisotopic (exact) mass is 361 g/mol. The Kier molecular flexibility index (Phi) is 7.70. The number of nitrogens with one attached hydrogen (secondary N) is 1. The molecule has 0 aliphatic heterocycles. The van der Waals surface area contributed by atoms with E-state index in [1.165, 1.54) is 19.3 Å². The molecule has 1 saturated carbocycles. The third-order valence-corrected chi connectivity index (χ3v) is 7.18. The van der Waals surface area contributed by atoms with E-state index in [9.17, 15) is 18.0 Å². The zero-order valence-electron chi connectivity index (χ0n) is 15.0. The molecule has 0 radical (unpaired) electrons. The van der Waals surface area contributed by atoms with Gasteiger partial charge in [-0.3, -0.25) is 9.59 Å². The maximum Gasteiger partial charge on any atom is 0.303 e. The Morgan fingerprint density at radius 3 is 2.25 bits per heavy atom. The van der Waals surface area contributed by atoms with E-state index in [1.54, 1.807) is 20.8 Å². The molecule has 1 rings (SSSR count). The van der Waals surface area contributed by atoms with E-state index in [-0.39, 0.29) is 12.5 Å². The Hall–Kier alpha value is -1.11. The number of carboxylic acids is 1. The molecule has 1 amide bonds. The summed E-state index contributed by atoms with van der Waals surface area (Å²) in [5.41, 5.74) is 0. The number of hydrogen-bond donors (Lipinski definition) is 2. The second kappa shape index (κ2) is 8.83. The van der Waals surface area contributed by atoms with Crippen LogP contribution in [0.3, 0.4) is 0 Å². The molecule has 0 aromatic carbocycles. The summed E-state index contributed by atoms with van der Waals surface area (Å²) in [6, 6.07) is -0.271. The van der Waals surface area contributed by atoms with Gasteiger partial charge >= 0.3 is 5.97 Å². The summed E-state index contributed by atoms with van der Waals surface area (Å²) in [6.45, 7) is 4.71. The number of aliphatic carboxylic acids is 1. The van der Waals surface area contributed by atoms with Crippen molar-refractivity contribution in [3.05, 3.63) is 0 Å². The van der Waals surface area contributed by atoms with Crippen LogP contribution in [0.25, 0.3) is 0 Å². The molecule has 1 fully saturated rings. The van der Waals surface area contributed by atoms with Crippen molar-refractivity contribution in [2.45, 2.75) is 82.9 Å². The van der Waals surface area contributed by atoms with Gasteiger partial charge in [-0.1, -0.05) is 32.1 Å². The number of carbonyl (C=O) groups is 2. The van der Waals surface area contributed by atoms with Crippen LogP contribution < -0.4 is 5.32 Å². The highest BCUT2D eigenvalue weighted by molar-refractivity contribution is 7.93. The average Bonchev–Trinajstić information content (AvgIpc) is 2.44. The minimum Gasteiger partial charge on any atom is -0.481 e. The molecule has 0 aromatic heterocycles. The van der Waals surface area contributed by atoms with Crippen molar-refractivity contribution in [2.75, 3.05) is 5.75 Å². The summed E-state index contributed by atoms with van der Waals surface area (Å²) in [5.74, 6) is -1.50. The summed E-state index contributed by atoms with van der Waals surface area (Å²) in [7, 11) is -3.54. The molecule has 7 heteroatoms. The fourth-order valence-electron chi connectivity index (χ4n) is 3.03. The highest BCUT2D eigenvalue weighted by atomic mass is 32.2. The van der Waals surface area contributed by atoms with E-state index in [0.717, 1.165) is 19.3 Å². The van der Waals surface area contributed by atoms with Gasteiger partial charge in [-0.25, -0.2) is 8.42 Å². The third-order valence-electron chi connectivity index (χ3n) is 4.67. The quantitative estimate of drug-likeness (QED) is 0.692. The Bertz CT molecular complexity index is 530. The van der Waals surface area contributed by atoms with Gasteiger partial charge in [0.05, 0.1) is 4.75 Å². The molecule has 0 spiro atoms. The van der Waals surface area contributed by atoms with Crippen molar-refractivity contribution in [3.63, 3.8) is 0 Å². The van der Waals surface area contributed by atoms with Gasteiger partial charge in [-0.15, -0.1) is 0 Å². The highest BCUT2D eigenvalue weighted by Gasteiger charge is 2.32. The van der Waals surface area contributed by atoms with E-state index < -0.39 is 32.2 Å². The van der Waals surface area contributed by atoms with Crippen LogP contribution in [0, 0.1) is 5.92 Å². The molecule has 1 unspecified atom stereocenters. The van der Waals surface area contributed by atoms with Crippen LogP contribution in [0.4, 0.5) is 0 Å². The molecular formula is C17H31NO5S. The van der Waals surface area contributed by atoms with Crippen LogP contribution in [0.5, 0.6) is 0 Å². The fraction of sp³-hybridized carbons (Fsp3) is 0.882. The SMILES string of the molecule is CC(C)(C)S(=O)(=O)CC(=O)NC(CCC(=O)O)CC1CCCCC1. The number of carbonyl (C=O) groups excluding carboxylic acids is 1. The van der Waals surface area contributed by atoms with E-state index in [1.807, 2.05) is 0 Å². The first-order valence-electron chi connectivity index (χ1n) is 8.75. The number of carboxylic acid groups (broad SMARTS) is 1. The molecule has 140 valence electrons. The maximum atomic E-state index is 12.2. The van der Waals surface area contributed by atoms with Gasteiger partial charge in [-0.05, 0) is 39.5 Å². The van der Waals surface area contributed by atoms with Gasteiger partial charge < -0.3 is 10.4 Å².